The number of nitrogens with zero attached hydrogens (tertiary/aromatic N) is 1. The summed E-state index contributed by atoms with van der Waals surface area (Å²) in [6, 6.07) is 16.0. The van der Waals surface area contributed by atoms with E-state index in [4.69, 9.17) is 4.74 Å². The Morgan fingerprint density at radius 1 is 1.08 bits per heavy atom. The number of ether oxygens (including phenoxy) is 1. The molecular weight excluding hydrogens is 316 g/mol. The normalized spacial score (nSPS) is 10.7. The fourth-order valence-electron chi connectivity index (χ4n) is 2.33. The first-order valence-corrected chi connectivity index (χ1v) is 8.11. The van der Waals surface area contributed by atoms with Gasteiger partial charge in [0.05, 0.1) is 0 Å². The van der Waals surface area contributed by atoms with Crippen LogP contribution in [0.4, 0.5) is 16.2 Å². The van der Waals surface area contributed by atoms with Gasteiger partial charge in [-0.05, 0) is 51.1 Å². The summed E-state index contributed by atoms with van der Waals surface area (Å²) in [5.74, 6) is 0.129. The Morgan fingerprint density at radius 3 is 2.44 bits per heavy atom. The maximum Gasteiger partial charge on any atom is 0.419 e. The first kappa shape index (κ1) is 18.3. The van der Waals surface area contributed by atoms with Crippen LogP contribution in [-0.4, -0.2) is 18.0 Å². The summed E-state index contributed by atoms with van der Waals surface area (Å²) in [5, 5.41) is 2.71. The molecule has 130 valence electrons. The van der Waals surface area contributed by atoms with Crippen molar-refractivity contribution < 1.29 is 14.3 Å². The van der Waals surface area contributed by atoms with Crippen molar-refractivity contribution in [3.63, 3.8) is 0 Å². The van der Waals surface area contributed by atoms with Gasteiger partial charge in [0.1, 0.15) is 5.75 Å². The van der Waals surface area contributed by atoms with Gasteiger partial charge in [-0.3, -0.25) is 9.69 Å². The topological polar surface area (TPSA) is 58.6 Å². The van der Waals surface area contributed by atoms with Crippen LogP contribution in [-0.2, 0) is 4.79 Å². The van der Waals surface area contributed by atoms with Crippen LogP contribution in [0.3, 0.4) is 0 Å². The highest BCUT2D eigenvalue weighted by Gasteiger charge is 2.21. The fraction of sp³-hybridized carbons (Fsp3) is 0.200. The van der Waals surface area contributed by atoms with Gasteiger partial charge in [-0.1, -0.05) is 30.3 Å². The third-order valence-electron chi connectivity index (χ3n) is 3.37. The Morgan fingerprint density at radius 2 is 1.80 bits per heavy atom. The maximum atomic E-state index is 12.6. The van der Waals surface area contributed by atoms with E-state index in [1.54, 1.807) is 42.2 Å². The Hall–Kier alpha value is -3.08. The molecule has 25 heavy (non-hydrogen) atoms. The molecule has 5 heteroatoms. The number of rotatable bonds is 5. The van der Waals surface area contributed by atoms with Crippen LogP contribution in [0.15, 0.2) is 66.7 Å². The summed E-state index contributed by atoms with van der Waals surface area (Å²) in [6.07, 6.45) is 2.60. The lowest BCUT2D eigenvalue weighted by atomic mass is 10.2. The number of hydrogen-bond acceptors (Lipinski definition) is 3. The second-order valence-electron chi connectivity index (χ2n) is 5.68. The van der Waals surface area contributed by atoms with Gasteiger partial charge in [-0.2, -0.15) is 0 Å². The van der Waals surface area contributed by atoms with E-state index >= 15 is 0 Å². The molecule has 0 unspecified atom stereocenters. The maximum absolute atomic E-state index is 12.6. The lowest BCUT2D eigenvalue weighted by molar-refractivity contribution is -0.111. The van der Waals surface area contributed by atoms with E-state index < -0.39 is 6.09 Å². The van der Waals surface area contributed by atoms with Gasteiger partial charge in [-0.25, -0.2) is 4.79 Å². The van der Waals surface area contributed by atoms with E-state index in [2.05, 4.69) is 5.32 Å². The van der Waals surface area contributed by atoms with Gasteiger partial charge >= 0.3 is 6.09 Å². The van der Waals surface area contributed by atoms with E-state index in [0.29, 0.717) is 11.4 Å². The number of anilines is 2. The lowest BCUT2D eigenvalue weighted by Gasteiger charge is -2.25. The Labute approximate surface area is 147 Å². The first-order chi connectivity index (χ1) is 12.0. The SMILES string of the molecule is C/C=C/C(=O)Nc1cccc(OC(=O)N(c2ccccc2)C(C)C)c1. The number of para-hydroxylation sites is 1. The Balaban J connectivity index is 2.15. The molecule has 0 saturated heterocycles. The highest BCUT2D eigenvalue weighted by Crippen LogP contribution is 2.22. The van der Waals surface area contributed by atoms with E-state index in [0.717, 1.165) is 5.69 Å². The molecule has 0 aliphatic rings. The smallest absolute Gasteiger partial charge is 0.410 e. The van der Waals surface area contributed by atoms with Crippen molar-refractivity contribution in [3.05, 3.63) is 66.7 Å². The minimum atomic E-state index is -0.474. The summed E-state index contributed by atoms with van der Waals surface area (Å²) in [4.78, 5) is 25.8. The molecule has 1 N–H and O–H groups in total. The molecule has 0 aromatic heterocycles. The first-order valence-electron chi connectivity index (χ1n) is 8.11. The third kappa shape index (κ3) is 5.21. The fourth-order valence-corrected chi connectivity index (χ4v) is 2.33. The van der Waals surface area contributed by atoms with Crippen LogP contribution in [0.2, 0.25) is 0 Å². The second-order valence-corrected chi connectivity index (χ2v) is 5.68. The molecule has 0 radical (unpaired) electrons. The van der Waals surface area contributed by atoms with Gasteiger partial charge in [0.15, 0.2) is 0 Å². The molecule has 5 nitrogen and oxygen atoms in total. The summed E-state index contributed by atoms with van der Waals surface area (Å²) in [6.45, 7) is 5.60. The van der Waals surface area contributed by atoms with Crippen molar-refractivity contribution >= 4 is 23.4 Å². The van der Waals surface area contributed by atoms with Crippen molar-refractivity contribution in [2.45, 2.75) is 26.8 Å². The zero-order valence-electron chi connectivity index (χ0n) is 14.6. The second kappa shape index (κ2) is 8.68. The molecule has 0 aliphatic carbocycles. The summed E-state index contributed by atoms with van der Waals surface area (Å²) < 4.78 is 5.49. The molecule has 2 amide bonds. The number of amides is 2. The van der Waals surface area contributed by atoms with E-state index in [1.165, 1.54) is 6.08 Å². The van der Waals surface area contributed by atoms with E-state index in [9.17, 15) is 9.59 Å². The highest BCUT2D eigenvalue weighted by atomic mass is 16.6. The van der Waals surface area contributed by atoms with E-state index in [1.807, 2.05) is 44.2 Å². The molecule has 0 aliphatic heterocycles. The van der Waals surface area contributed by atoms with Gasteiger partial charge in [-0.15, -0.1) is 0 Å². The minimum Gasteiger partial charge on any atom is -0.410 e. The summed E-state index contributed by atoms with van der Waals surface area (Å²) in [5.41, 5.74) is 1.32. The molecule has 2 rings (SSSR count). The van der Waals surface area contributed by atoms with Crippen molar-refractivity contribution in [3.8, 4) is 5.75 Å². The number of allylic oxidation sites excluding steroid dienone is 1. The van der Waals surface area contributed by atoms with Gasteiger partial charge < -0.3 is 10.1 Å². The molecular formula is C20H22N2O3. The van der Waals surface area contributed by atoms with Crippen molar-refractivity contribution in [1.82, 2.24) is 0 Å². The largest absolute Gasteiger partial charge is 0.419 e. The summed E-state index contributed by atoms with van der Waals surface area (Å²) in [7, 11) is 0. The quantitative estimate of drug-likeness (QED) is 0.810. The molecule has 2 aromatic carbocycles. The minimum absolute atomic E-state index is 0.0625. The zero-order chi connectivity index (χ0) is 18.2. The molecule has 0 bridgehead atoms. The van der Waals surface area contributed by atoms with Crippen LogP contribution in [0.1, 0.15) is 20.8 Å². The predicted octanol–water partition coefficient (Wildman–Crippen LogP) is 4.62. The third-order valence-corrected chi connectivity index (χ3v) is 3.37. The molecule has 0 atom stereocenters. The molecule has 0 heterocycles. The lowest BCUT2D eigenvalue weighted by Crippen LogP contribution is -2.39. The Bertz CT molecular complexity index is 755. The van der Waals surface area contributed by atoms with Crippen LogP contribution < -0.4 is 15.0 Å². The van der Waals surface area contributed by atoms with Crippen molar-refractivity contribution in [1.29, 1.82) is 0 Å². The van der Waals surface area contributed by atoms with Gasteiger partial charge in [0, 0.05) is 23.5 Å². The molecule has 2 aromatic rings. The highest BCUT2D eigenvalue weighted by molar-refractivity contribution is 5.99. The van der Waals surface area contributed by atoms with Crippen molar-refractivity contribution in [2.75, 3.05) is 10.2 Å². The summed E-state index contributed by atoms with van der Waals surface area (Å²) >= 11 is 0. The predicted molar refractivity (Wildman–Crippen MR) is 100.0 cm³/mol. The van der Waals surface area contributed by atoms with Crippen LogP contribution in [0, 0.1) is 0 Å². The van der Waals surface area contributed by atoms with Gasteiger partial charge in [0.2, 0.25) is 5.91 Å². The number of carbonyl (C=O) groups is 2. The average molecular weight is 338 g/mol. The molecule has 0 fully saturated rings. The Kier molecular flexibility index (Phi) is 6.34. The number of carbonyl (C=O) groups excluding carboxylic acids is 2. The number of nitrogens with one attached hydrogen (secondary N) is 1. The van der Waals surface area contributed by atoms with Crippen LogP contribution >= 0.6 is 0 Å². The van der Waals surface area contributed by atoms with Crippen LogP contribution in [0.25, 0.3) is 0 Å². The standard InChI is InChI=1S/C20H22N2O3/c1-4-9-19(23)21-16-10-8-13-18(14-16)25-20(24)22(15(2)3)17-11-6-5-7-12-17/h4-15H,1-3H3,(H,21,23)/b9-4+. The molecule has 0 spiro atoms. The van der Waals surface area contributed by atoms with Crippen LogP contribution in [0.5, 0.6) is 5.75 Å². The molecule has 0 saturated carbocycles. The monoisotopic (exact) mass is 338 g/mol. The van der Waals surface area contributed by atoms with E-state index in [-0.39, 0.29) is 11.9 Å². The number of benzene rings is 2. The number of hydrogen-bond donors (Lipinski definition) is 1. The zero-order valence-corrected chi connectivity index (χ0v) is 14.6. The average Bonchev–Trinajstić information content (AvgIpc) is 2.56. The van der Waals surface area contributed by atoms with Gasteiger partial charge in [0.25, 0.3) is 0 Å². The van der Waals surface area contributed by atoms with Crippen molar-refractivity contribution in [2.24, 2.45) is 0 Å².